The number of nitrogens with two attached hydrogens (primary N) is 2. The number of phenolic OH excluding ortho intramolecular Hbond substituents is 1. The van der Waals surface area contributed by atoms with Crippen LogP contribution in [0.2, 0.25) is 0 Å². The van der Waals surface area contributed by atoms with Crippen molar-refractivity contribution in [1.29, 1.82) is 0 Å². The molecule has 1 unspecified atom stereocenters. The predicted molar refractivity (Wildman–Crippen MR) is 86.9 cm³/mol. The highest BCUT2D eigenvalue weighted by Crippen LogP contribution is 2.33. The summed E-state index contributed by atoms with van der Waals surface area (Å²) in [5.74, 6) is 0.640. The second kappa shape index (κ2) is 5.75. The quantitative estimate of drug-likeness (QED) is 0.504. The zero-order chi connectivity index (χ0) is 15.7. The van der Waals surface area contributed by atoms with Crippen molar-refractivity contribution in [1.82, 2.24) is 10.3 Å². The summed E-state index contributed by atoms with van der Waals surface area (Å²) in [5.41, 5.74) is 15.9. The van der Waals surface area contributed by atoms with E-state index >= 15 is 0 Å². The predicted octanol–water partition coefficient (Wildman–Crippen LogP) is 0.938. The molecule has 0 amide bonds. The molecule has 2 heterocycles. The number of benzene rings is 1. The van der Waals surface area contributed by atoms with Gasteiger partial charge in [-0.1, -0.05) is 12.1 Å². The molecule has 0 saturated carbocycles. The van der Waals surface area contributed by atoms with Gasteiger partial charge in [0.25, 0.3) is 0 Å². The first-order chi connectivity index (χ1) is 10.6. The number of nitrogens with one attached hydrogen (secondary N) is 2. The number of aliphatic hydroxyl groups excluding tert-OH is 1. The summed E-state index contributed by atoms with van der Waals surface area (Å²) in [6.07, 6.45) is 2.57. The number of rotatable bonds is 3. The Morgan fingerprint density at radius 3 is 2.86 bits per heavy atom. The Labute approximate surface area is 128 Å². The first kappa shape index (κ1) is 14.5. The number of phenols is 1. The second-order valence-electron chi connectivity index (χ2n) is 5.40. The minimum Gasteiger partial charge on any atom is -0.507 e. The smallest absolute Gasteiger partial charge is 0.124 e. The van der Waals surface area contributed by atoms with Crippen molar-refractivity contribution in [2.24, 2.45) is 5.73 Å². The molecule has 6 nitrogen and oxygen atoms in total. The van der Waals surface area contributed by atoms with Crippen LogP contribution in [0.1, 0.15) is 28.4 Å². The summed E-state index contributed by atoms with van der Waals surface area (Å²) in [4.78, 5) is 3.16. The summed E-state index contributed by atoms with van der Waals surface area (Å²) >= 11 is 0. The maximum Gasteiger partial charge on any atom is 0.124 e. The van der Waals surface area contributed by atoms with Gasteiger partial charge in [-0.05, 0) is 18.2 Å². The molecule has 0 fully saturated rings. The lowest BCUT2D eigenvalue weighted by molar-refractivity contribution is 0.240. The van der Waals surface area contributed by atoms with Crippen LogP contribution in [0.4, 0.5) is 5.82 Å². The summed E-state index contributed by atoms with van der Waals surface area (Å²) < 4.78 is 0. The molecule has 0 spiro atoms. The van der Waals surface area contributed by atoms with Crippen molar-refractivity contribution in [3.63, 3.8) is 0 Å². The van der Waals surface area contributed by atoms with Gasteiger partial charge in [0, 0.05) is 41.0 Å². The SMILES string of the molecule is N/C(=C\c1c(N)[nH]c2c1C(CO)NCC2)c1ccccc1O. The zero-order valence-electron chi connectivity index (χ0n) is 12.1. The van der Waals surface area contributed by atoms with E-state index in [2.05, 4.69) is 10.3 Å². The first-order valence-electron chi connectivity index (χ1n) is 7.21. The van der Waals surface area contributed by atoms with Gasteiger partial charge in [0.1, 0.15) is 11.6 Å². The van der Waals surface area contributed by atoms with Gasteiger partial charge in [0.2, 0.25) is 0 Å². The molecule has 1 atom stereocenters. The number of para-hydroxylation sites is 1. The lowest BCUT2D eigenvalue weighted by Crippen LogP contribution is -2.32. The minimum absolute atomic E-state index is 0.0123. The third-order valence-electron chi connectivity index (χ3n) is 4.00. The molecule has 1 aliphatic rings. The van der Waals surface area contributed by atoms with Crippen molar-refractivity contribution in [2.75, 3.05) is 18.9 Å². The molecule has 3 rings (SSSR count). The average molecular weight is 300 g/mol. The third kappa shape index (κ3) is 2.43. The Kier molecular flexibility index (Phi) is 3.79. The number of fused-ring (bicyclic) bond motifs is 1. The number of hydrogen-bond acceptors (Lipinski definition) is 5. The molecular weight excluding hydrogens is 280 g/mol. The van der Waals surface area contributed by atoms with E-state index in [0.717, 1.165) is 29.8 Å². The van der Waals surface area contributed by atoms with Gasteiger partial charge in [-0.3, -0.25) is 0 Å². The van der Waals surface area contributed by atoms with Gasteiger partial charge in [0.15, 0.2) is 0 Å². The Morgan fingerprint density at radius 2 is 2.14 bits per heavy atom. The number of aromatic amines is 1. The topological polar surface area (TPSA) is 120 Å². The molecule has 116 valence electrons. The van der Waals surface area contributed by atoms with Gasteiger partial charge in [0.05, 0.1) is 12.6 Å². The summed E-state index contributed by atoms with van der Waals surface area (Å²) in [6.45, 7) is 0.776. The standard InChI is InChI=1S/C16H20N4O2/c17-11(9-3-1-2-4-14(9)22)7-10-15-12(20-16(10)18)5-6-19-13(15)8-21/h1-4,7,13,19-22H,5-6,8,17-18H2/b11-7-. The van der Waals surface area contributed by atoms with Crippen LogP contribution < -0.4 is 16.8 Å². The minimum atomic E-state index is -0.166. The maximum atomic E-state index is 9.90. The van der Waals surface area contributed by atoms with Crippen molar-refractivity contribution in [2.45, 2.75) is 12.5 Å². The van der Waals surface area contributed by atoms with E-state index in [1.807, 2.05) is 6.07 Å². The van der Waals surface area contributed by atoms with Crippen LogP contribution in [0.15, 0.2) is 24.3 Å². The molecule has 8 N–H and O–H groups in total. The monoisotopic (exact) mass is 300 g/mol. The van der Waals surface area contributed by atoms with E-state index < -0.39 is 0 Å². The van der Waals surface area contributed by atoms with Crippen molar-refractivity contribution in [3.05, 3.63) is 46.6 Å². The van der Waals surface area contributed by atoms with Crippen LogP contribution in [0.3, 0.4) is 0 Å². The van der Waals surface area contributed by atoms with Crippen LogP contribution in [0, 0.1) is 0 Å². The van der Waals surface area contributed by atoms with E-state index in [0.29, 0.717) is 17.1 Å². The molecule has 0 aliphatic carbocycles. The zero-order valence-corrected chi connectivity index (χ0v) is 12.1. The van der Waals surface area contributed by atoms with Crippen LogP contribution in [0.25, 0.3) is 11.8 Å². The number of aromatic hydroxyl groups is 1. The normalized spacial score (nSPS) is 18.2. The largest absolute Gasteiger partial charge is 0.507 e. The van der Waals surface area contributed by atoms with Crippen molar-refractivity contribution in [3.8, 4) is 5.75 Å². The molecule has 0 saturated heterocycles. The van der Waals surface area contributed by atoms with Crippen LogP contribution >= 0.6 is 0 Å². The maximum absolute atomic E-state index is 9.90. The lowest BCUT2D eigenvalue weighted by atomic mass is 9.96. The highest BCUT2D eigenvalue weighted by Gasteiger charge is 2.25. The van der Waals surface area contributed by atoms with Gasteiger partial charge < -0.3 is 32.0 Å². The first-order valence-corrected chi connectivity index (χ1v) is 7.21. The van der Waals surface area contributed by atoms with Gasteiger partial charge in [-0.2, -0.15) is 0 Å². The van der Waals surface area contributed by atoms with E-state index in [1.54, 1.807) is 24.3 Å². The number of H-pyrrole nitrogens is 1. The van der Waals surface area contributed by atoms with Crippen LogP contribution in [-0.2, 0) is 6.42 Å². The fourth-order valence-corrected chi connectivity index (χ4v) is 2.94. The lowest BCUT2D eigenvalue weighted by Gasteiger charge is -2.23. The second-order valence-corrected chi connectivity index (χ2v) is 5.40. The molecule has 1 aromatic carbocycles. The Morgan fingerprint density at radius 1 is 1.36 bits per heavy atom. The molecule has 6 heteroatoms. The van der Waals surface area contributed by atoms with Crippen LogP contribution in [0.5, 0.6) is 5.75 Å². The molecule has 1 aliphatic heterocycles. The third-order valence-corrected chi connectivity index (χ3v) is 4.00. The number of aliphatic hydroxyl groups is 1. The van der Waals surface area contributed by atoms with Crippen LogP contribution in [-0.4, -0.2) is 28.3 Å². The van der Waals surface area contributed by atoms with Crippen molar-refractivity contribution < 1.29 is 10.2 Å². The number of anilines is 1. The number of hydrogen-bond donors (Lipinski definition) is 6. The molecule has 0 bridgehead atoms. The fraction of sp³-hybridized carbons (Fsp3) is 0.250. The van der Waals surface area contributed by atoms with E-state index in [9.17, 15) is 10.2 Å². The molecule has 22 heavy (non-hydrogen) atoms. The van der Waals surface area contributed by atoms with Gasteiger partial charge >= 0.3 is 0 Å². The Bertz CT molecular complexity index is 721. The van der Waals surface area contributed by atoms with E-state index in [4.69, 9.17) is 11.5 Å². The highest BCUT2D eigenvalue weighted by atomic mass is 16.3. The summed E-state index contributed by atoms with van der Waals surface area (Å²) in [6, 6.07) is 6.72. The van der Waals surface area contributed by atoms with Crippen molar-refractivity contribution >= 4 is 17.6 Å². The van der Waals surface area contributed by atoms with Gasteiger partial charge in [-0.25, -0.2) is 0 Å². The fourth-order valence-electron chi connectivity index (χ4n) is 2.94. The summed E-state index contributed by atoms with van der Waals surface area (Å²) in [7, 11) is 0. The molecular formula is C16H20N4O2. The molecule has 0 radical (unpaired) electrons. The summed E-state index contributed by atoms with van der Waals surface area (Å²) in [5, 5.41) is 22.7. The highest BCUT2D eigenvalue weighted by molar-refractivity contribution is 5.86. The average Bonchev–Trinajstić information content (AvgIpc) is 2.83. The number of aromatic nitrogens is 1. The van der Waals surface area contributed by atoms with Gasteiger partial charge in [-0.15, -0.1) is 0 Å². The Balaban J connectivity index is 2.08. The molecule has 1 aromatic heterocycles. The van der Waals surface area contributed by atoms with E-state index in [-0.39, 0.29) is 18.4 Å². The number of nitrogen functional groups attached to an aromatic ring is 1. The van der Waals surface area contributed by atoms with E-state index in [1.165, 1.54) is 0 Å². The Hall–Kier alpha value is -2.44. The molecule has 2 aromatic rings.